The summed E-state index contributed by atoms with van der Waals surface area (Å²) in [6.07, 6.45) is 0.413. The van der Waals surface area contributed by atoms with Crippen LogP contribution in [0.3, 0.4) is 0 Å². The Morgan fingerprint density at radius 2 is 1.87 bits per heavy atom. The third kappa shape index (κ3) is 6.05. The highest BCUT2D eigenvalue weighted by Crippen LogP contribution is 2.43. The minimum atomic E-state index is -1.16. The molecule has 2 rings (SSSR count). The van der Waals surface area contributed by atoms with Crippen molar-refractivity contribution in [1.82, 2.24) is 0 Å². The van der Waals surface area contributed by atoms with E-state index in [1.54, 1.807) is 24.3 Å². The smallest absolute Gasteiger partial charge is 0.305 e. The molecular formula is C23H26ClFO5. The van der Waals surface area contributed by atoms with Crippen molar-refractivity contribution in [2.75, 3.05) is 7.11 Å². The van der Waals surface area contributed by atoms with Gasteiger partial charge in [0.15, 0.2) is 0 Å². The van der Waals surface area contributed by atoms with Crippen LogP contribution in [0.25, 0.3) is 17.2 Å². The van der Waals surface area contributed by atoms with Crippen LogP contribution in [0.1, 0.15) is 43.7 Å². The van der Waals surface area contributed by atoms with E-state index in [4.69, 9.17) is 21.4 Å². The number of aliphatic hydroxyl groups is 2. The number of aliphatic hydroxyl groups excluding tert-OH is 2. The molecule has 3 N–H and O–H groups in total. The number of rotatable bonds is 9. The molecule has 0 aliphatic rings. The molecule has 5 nitrogen and oxygen atoms in total. The second-order valence-corrected chi connectivity index (χ2v) is 7.75. The van der Waals surface area contributed by atoms with Gasteiger partial charge in [0.1, 0.15) is 11.6 Å². The number of halogens is 2. The van der Waals surface area contributed by atoms with Crippen LogP contribution in [0.15, 0.2) is 36.4 Å². The molecule has 0 heterocycles. The van der Waals surface area contributed by atoms with Gasteiger partial charge in [-0.25, -0.2) is 4.39 Å². The van der Waals surface area contributed by atoms with Crippen LogP contribution in [0, 0.1) is 5.82 Å². The first-order valence-electron chi connectivity index (χ1n) is 9.56. The molecule has 30 heavy (non-hydrogen) atoms. The fourth-order valence-electron chi connectivity index (χ4n) is 3.28. The molecule has 2 aromatic rings. The summed E-state index contributed by atoms with van der Waals surface area (Å²) in [6.45, 7) is 3.99. The van der Waals surface area contributed by atoms with E-state index in [0.717, 1.165) is 11.1 Å². The Bertz CT molecular complexity index is 909. The van der Waals surface area contributed by atoms with E-state index >= 15 is 0 Å². The van der Waals surface area contributed by atoms with Gasteiger partial charge in [-0.05, 0) is 40.8 Å². The Labute approximate surface area is 180 Å². The van der Waals surface area contributed by atoms with E-state index in [1.807, 2.05) is 13.8 Å². The molecule has 0 aromatic heterocycles. The zero-order valence-electron chi connectivity index (χ0n) is 17.1. The third-order valence-electron chi connectivity index (χ3n) is 4.67. The third-order valence-corrected chi connectivity index (χ3v) is 4.96. The lowest BCUT2D eigenvalue weighted by molar-refractivity contribution is -0.139. The topological polar surface area (TPSA) is 87.0 Å². The Hall–Kier alpha value is -2.41. The van der Waals surface area contributed by atoms with Crippen molar-refractivity contribution in [3.05, 3.63) is 58.4 Å². The summed E-state index contributed by atoms with van der Waals surface area (Å²) in [5.41, 5.74) is 2.99. The summed E-state index contributed by atoms with van der Waals surface area (Å²) in [6, 6.07) is 7.73. The first-order chi connectivity index (χ1) is 14.1. The minimum Gasteiger partial charge on any atom is -0.495 e. The van der Waals surface area contributed by atoms with Crippen LogP contribution in [-0.4, -0.2) is 40.6 Å². The minimum absolute atomic E-state index is 0.0852. The largest absolute Gasteiger partial charge is 0.495 e. The molecule has 2 unspecified atom stereocenters. The highest BCUT2D eigenvalue weighted by molar-refractivity contribution is 6.32. The van der Waals surface area contributed by atoms with Gasteiger partial charge in [0.05, 0.1) is 30.8 Å². The molecule has 0 saturated heterocycles. The van der Waals surface area contributed by atoms with E-state index in [0.29, 0.717) is 21.9 Å². The molecule has 0 fully saturated rings. The van der Waals surface area contributed by atoms with Crippen molar-refractivity contribution < 1.29 is 29.2 Å². The average Bonchev–Trinajstić information content (AvgIpc) is 2.66. The highest BCUT2D eigenvalue weighted by atomic mass is 35.5. The highest BCUT2D eigenvalue weighted by Gasteiger charge is 2.20. The Morgan fingerprint density at radius 3 is 2.40 bits per heavy atom. The number of aliphatic carboxylic acids is 1. The Kier molecular flexibility index (Phi) is 8.41. The lowest BCUT2D eigenvalue weighted by Crippen LogP contribution is -2.19. The summed E-state index contributed by atoms with van der Waals surface area (Å²) in [5, 5.41) is 29.2. The summed E-state index contributed by atoms with van der Waals surface area (Å²) < 4.78 is 19.0. The lowest BCUT2D eigenvalue weighted by Gasteiger charge is -2.20. The van der Waals surface area contributed by atoms with Crippen LogP contribution < -0.4 is 4.74 Å². The summed E-state index contributed by atoms with van der Waals surface area (Å²) in [7, 11) is 1.49. The van der Waals surface area contributed by atoms with Gasteiger partial charge in [0, 0.05) is 12.0 Å². The monoisotopic (exact) mass is 436 g/mol. The number of hydrogen-bond acceptors (Lipinski definition) is 4. The number of ether oxygens (including phenoxy) is 1. The maximum atomic E-state index is 13.5. The fourth-order valence-corrected chi connectivity index (χ4v) is 3.56. The second-order valence-electron chi connectivity index (χ2n) is 7.34. The number of carboxylic acids is 1. The predicted octanol–water partition coefficient (Wildman–Crippen LogP) is 4.88. The lowest BCUT2D eigenvalue weighted by atomic mass is 9.88. The standard InChI is InChI=1S/C23H26ClFO5/c1-13(2)19-12-20(24)23(30-3)22(14-4-6-15(25)7-5-14)18(19)9-8-16(26)10-17(27)11-21(28)29/h4-9,12-13,16-17,26-27H,10-11H2,1-3H3,(H,28,29). The van der Waals surface area contributed by atoms with Crippen molar-refractivity contribution in [1.29, 1.82) is 0 Å². The molecular weight excluding hydrogens is 411 g/mol. The van der Waals surface area contributed by atoms with E-state index in [-0.39, 0.29) is 18.2 Å². The van der Waals surface area contributed by atoms with E-state index < -0.39 is 24.6 Å². The molecule has 0 radical (unpaired) electrons. The van der Waals surface area contributed by atoms with E-state index in [2.05, 4.69) is 0 Å². The molecule has 162 valence electrons. The number of carboxylic acid groups (broad SMARTS) is 1. The van der Waals surface area contributed by atoms with Gasteiger partial charge in [-0.1, -0.05) is 49.7 Å². The van der Waals surface area contributed by atoms with Crippen molar-refractivity contribution in [3.8, 4) is 16.9 Å². The molecule has 2 aromatic carbocycles. The van der Waals surface area contributed by atoms with Gasteiger partial charge in [-0.2, -0.15) is 0 Å². The van der Waals surface area contributed by atoms with Gasteiger partial charge in [-0.15, -0.1) is 0 Å². The Balaban J connectivity index is 2.55. The normalized spacial score (nSPS) is 13.6. The van der Waals surface area contributed by atoms with Gasteiger partial charge in [0.25, 0.3) is 0 Å². The summed E-state index contributed by atoms with van der Waals surface area (Å²) >= 11 is 6.45. The number of carbonyl (C=O) groups is 1. The van der Waals surface area contributed by atoms with Crippen LogP contribution in [-0.2, 0) is 4.79 Å². The molecule has 0 saturated carbocycles. The van der Waals surface area contributed by atoms with Crippen molar-refractivity contribution in [3.63, 3.8) is 0 Å². The van der Waals surface area contributed by atoms with Crippen LogP contribution in [0.4, 0.5) is 4.39 Å². The zero-order valence-corrected chi connectivity index (χ0v) is 17.9. The molecule has 0 amide bonds. The van der Waals surface area contributed by atoms with Crippen molar-refractivity contribution in [2.24, 2.45) is 0 Å². The first kappa shape index (κ1) is 23.9. The first-order valence-corrected chi connectivity index (χ1v) is 9.94. The number of hydrogen-bond donors (Lipinski definition) is 3. The van der Waals surface area contributed by atoms with Crippen molar-refractivity contribution >= 4 is 23.6 Å². The maximum absolute atomic E-state index is 13.5. The molecule has 2 atom stereocenters. The molecule has 0 spiro atoms. The summed E-state index contributed by atoms with van der Waals surface area (Å²) in [5.74, 6) is -1.000. The van der Waals surface area contributed by atoms with Gasteiger partial charge in [-0.3, -0.25) is 4.79 Å². The molecule has 0 aliphatic heterocycles. The molecule has 0 aliphatic carbocycles. The van der Waals surface area contributed by atoms with Crippen molar-refractivity contribution in [2.45, 2.75) is 44.8 Å². The van der Waals surface area contributed by atoms with Gasteiger partial charge < -0.3 is 20.1 Å². The second kappa shape index (κ2) is 10.6. The quantitative estimate of drug-likeness (QED) is 0.521. The Morgan fingerprint density at radius 1 is 1.23 bits per heavy atom. The molecule has 0 bridgehead atoms. The average molecular weight is 437 g/mol. The maximum Gasteiger partial charge on any atom is 0.305 e. The van der Waals surface area contributed by atoms with Gasteiger partial charge >= 0.3 is 5.97 Å². The summed E-state index contributed by atoms with van der Waals surface area (Å²) in [4.78, 5) is 10.7. The zero-order chi connectivity index (χ0) is 22.4. The fraction of sp³-hybridized carbons (Fsp3) is 0.348. The van der Waals surface area contributed by atoms with Crippen LogP contribution >= 0.6 is 11.6 Å². The molecule has 7 heteroatoms. The predicted molar refractivity (Wildman–Crippen MR) is 115 cm³/mol. The van der Waals surface area contributed by atoms with Crippen LogP contribution in [0.2, 0.25) is 5.02 Å². The van der Waals surface area contributed by atoms with Crippen LogP contribution in [0.5, 0.6) is 5.75 Å². The van der Waals surface area contributed by atoms with Gasteiger partial charge in [0.2, 0.25) is 0 Å². The number of methoxy groups -OCH3 is 1. The number of benzene rings is 2. The van der Waals surface area contributed by atoms with E-state index in [1.165, 1.54) is 25.3 Å². The van der Waals surface area contributed by atoms with E-state index in [9.17, 15) is 19.4 Å². The SMILES string of the molecule is COc1c(Cl)cc(C(C)C)c(C=CC(O)CC(O)CC(=O)O)c1-c1ccc(F)cc1.